The van der Waals surface area contributed by atoms with Crippen molar-refractivity contribution in [2.24, 2.45) is 0 Å². The van der Waals surface area contributed by atoms with Crippen LogP contribution in [0.3, 0.4) is 0 Å². The third-order valence-electron chi connectivity index (χ3n) is 3.74. The van der Waals surface area contributed by atoms with E-state index < -0.39 is 0 Å². The Morgan fingerprint density at radius 3 is 2.80 bits per heavy atom. The summed E-state index contributed by atoms with van der Waals surface area (Å²) >= 11 is 14.1. The van der Waals surface area contributed by atoms with Gasteiger partial charge in [0, 0.05) is 24.7 Å². The van der Waals surface area contributed by atoms with Crippen molar-refractivity contribution in [1.82, 2.24) is 9.88 Å². The van der Waals surface area contributed by atoms with Crippen LogP contribution in [0.1, 0.15) is 11.3 Å². The van der Waals surface area contributed by atoms with E-state index in [1.807, 2.05) is 35.9 Å². The van der Waals surface area contributed by atoms with E-state index in [0.29, 0.717) is 27.9 Å². The van der Waals surface area contributed by atoms with Crippen molar-refractivity contribution in [2.45, 2.75) is 13.5 Å². The van der Waals surface area contributed by atoms with E-state index in [-0.39, 0.29) is 12.5 Å². The lowest BCUT2D eigenvalue weighted by Gasteiger charge is -2.18. The summed E-state index contributed by atoms with van der Waals surface area (Å²) in [6.45, 7) is 2.29. The number of ether oxygens (including phenoxy) is 1. The molecule has 0 aliphatic heterocycles. The van der Waals surface area contributed by atoms with Gasteiger partial charge in [-0.15, -0.1) is 0 Å². The van der Waals surface area contributed by atoms with Gasteiger partial charge in [-0.3, -0.25) is 4.79 Å². The Bertz CT molecular complexity index is 913. The molecule has 4 nitrogen and oxygen atoms in total. The SMILES string of the molecule is Cc1ccc2c(Cl)cc(Cl)c(OCC(=O)N(C)Cc3ccsc3)c2n1. The van der Waals surface area contributed by atoms with E-state index in [2.05, 4.69) is 4.98 Å². The van der Waals surface area contributed by atoms with E-state index in [0.717, 1.165) is 16.6 Å². The molecule has 0 atom stereocenters. The topological polar surface area (TPSA) is 42.4 Å². The van der Waals surface area contributed by atoms with Crippen LogP contribution in [0.2, 0.25) is 10.0 Å². The van der Waals surface area contributed by atoms with Crippen LogP contribution in [0.15, 0.2) is 35.0 Å². The Balaban J connectivity index is 1.78. The second-order valence-electron chi connectivity index (χ2n) is 5.69. The minimum atomic E-state index is -0.141. The highest BCUT2D eigenvalue weighted by Gasteiger charge is 2.16. The average molecular weight is 395 g/mol. The molecule has 0 N–H and O–H groups in total. The molecule has 0 radical (unpaired) electrons. The van der Waals surface area contributed by atoms with Crippen LogP contribution >= 0.6 is 34.5 Å². The smallest absolute Gasteiger partial charge is 0.260 e. The van der Waals surface area contributed by atoms with Crippen molar-refractivity contribution in [1.29, 1.82) is 0 Å². The lowest BCUT2D eigenvalue weighted by Crippen LogP contribution is -2.30. The molecule has 2 heterocycles. The maximum absolute atomic E-state index is 12.3. The molecular weight excluding hydrogens is 379 g/mol. The molecule has 0 aliphatic rings. The van der Waals surface area contributed by atoms with Crippen molar-refractivity contribution in [3.05, 3.63) is 56.3 Å². The van der Waals surface area contributed by atoms with E-state index >= 15 is 0 Å². The standard InChI is InChI=1S/C18H16Cl2N2O2S/c1-11-3-4-13-14(19)7-15(20)18(17(13)21-11)24-9-16(23)22(2)8-12-5-6-25-10-12/h3-7,10H,8-9H2,1-2H3. The maximum atomic E-state index is 12.3. The molecule has 0 unspecified atom stereocenters. The summed E-state index contributed by atoms with van der Waals surface area (Å²) in [5, 5.41) is 5.58. The number of hydrogen-bond acceptors (Lipinski definition) is 4. The molecule has 130 valence electrons. The minimum absolute atomic E-state index is 0.118. The fourth-order valence-electron chi connectivity index (χ4n) is 2.42. The molecule has 7 heteroatoms. The van der Waals surface area contributed by atoms with E-state index in [1.54, 1.807) is 29.4 Å². The molecule has 2 aromatic heterocycles. The highest BCUT2D eigenvalue weighted by atomic mass is 35.5. The zero-order valence-electron chi connectivity index (χ0n) is 13.8. The number of carbonyl (C=O) groups is 1. The zero-order chi connectivity index (χ0) is 18.0. The van der Waals surface area contributed by atoms with Gasteiger partial charge in [0.1, 0.15) is 5.52 Å². The van der Waals surface area contributed by atoms with E-state index in [1.165, 1.54) is 0 Å². The summed E-state index contributed by atoms with van der Waals surface area (Å²) in [5.41, 5.74) is 2.47. The second kappa shape index (κ2) is 7.60. The lowest BCUT2D eigenvalue weighted by atomic mass is 10.2. The van der Waals surface area contributed by atoms with Gasteiger partial charge < -0.3 is 9.64 Å². The predicted molar refractivity (Wildman–Crippen MR) is 103 cm³/mol. The van der Waals surface area contributed by atoms with Crippen molar-refractivity contribution in [2.75, 3.05) is 13.7 Å². The molecule has 0 fully saturated rings. The molecule has 3 rings (SSSR count). The van der Waals surface area contributed by atoms with Crippen LogP contribution < -0.4 is 4.74 Å². The number of aryl methyl sites for hydroxylation is 1. The van der Waals surface area contributed by atoms with E-state index in [9.17, 15) is 4.79 Å². The van der Waals surface area contributed by atoms with Gasteiger partial charge in [-0.05, 0) is 47.5 Å². The Kier molecular flexibility index (Phi) is 5.47. The minimum Gasteiger partial charge on any atom is -0.480 e. The first-order valence-electron chi connectivity index (χ1n) is 7.59. The summed E-state index contributed by atoms with van der Waals surface area (Å²) in [6.07, 6.45) is 0. The van der Waals surface area contributed by atoms with Crippen molar-refractivity contribution in [3.63, 3.8) is 0 Å². The average Bonchev–Trinajstić information content (AvgIpc) is 3.07. The van der Waals surface area contributed by atoms with Gasteiger partial charge in [-0.2, -0.15) is 11.3 Å². The number of hydrogen-bond donors (Lipinski definition) is 0. The summed E-state index contributed by atoms with van der Waals surface area (Å²) in [6, 6.07) is 7.34. The molecular formula is C18H16Cl2N2O2S. The van der Waals surface area contributed by atoms with Crippen molar-refractivity contribution >= 4 is 51.3 Å². The predicted octanol–water partition coefficient (Wildman–Crippen LogP) is 4.95. The third kappa shape index (κ3) is 4.06. The van der Waals surface area contributed by atoms with Gasteiger partial charge in [0.15, 0.2) is 12.4 Å². The monoisotopic (exact) mass is 394 g/mol. The van der Waals surface area contributed by atoms with Gasteiger partial charge in [-0.25, -0.2) is 4.98 Å². The van der Waals surface area contributed by atoms with Gasteiger partial charge in [-0.1, -0.05) is 23.2 Å². The Morgan fingerprint density at radius 1 is 1.28 bits per heavy atom. The first kappa shape index (κ1) is 18.0. The number of pyridine rings is 1. The zero-order valence-corrected chi connectivity index (χ0v) is 16.1. The Morgan fingerprint density at radius 2 is 2.08 bits per heavy atom. The van der Waals surface area contributed by atoms with Crippen LogP contribution in [-0.4, -0.2) is 29.4 Å². The number of amides is 1. The van der Waals surface area contributed by atoms with Crippen LogP contribution in [-0.2, 0) is 11.3 Å². The number of thiophene rings is 1. The highest BCUT2D eigenvalue weighted by molar-refractivity contribution is 7.07. The summed E-state index contributed by atoms with van der Waals surface area (Å²) < 4.78 is 5.72. The van der Waals surface area contributed by atoms with Crippen molar-refractivity contribution < 1.29 is 9.53 Å². The number of rotatable bonds is 5. The molecule has 25 heavy (non-hydrogen) atoms. The molecule has 0 aliphatic carbocycles. The van der Waals surface area contributed by atoms with E-state index in [4.69, 9.17) is 27.9 Å². The molecule has 0 saturated heterocycles. The fourth-order valence-corrected chi connectivity index (χ4v) is 3.65. The number of aromatic nitrogens is 1. The number of carbonyl (C=O) groups excluding carboxylic acids is 1. The quantitative estimate of drug-likeness (QED) is 0.614. The first-order chi connectivity index (χ1) is 12.0. The van der Waals surface area contributed by atoms with Crippen molar-refractivity contribution in [3.8, 4) is 5.75 Å². The summed E-state index contributed by atoms with van der Waals surface area (Å²) in [7, 11) is 1.74. The fraction of sp³-hybridized carbons (Fsp3) is 0.222. The van der Waals surface area contributed by atoms with Crippen LogP contribution in [0.5, 0.6) is 5.75 Å². The van der Waals surface area contributed by atoms with Gasteiger partial charge in [0.25, 0.3) is 5.91 Å². The number of nitrogens with zero attached hydrogens (tertiary/aromatic N) is 2. The summed E-state index contributed by atoms with van der Waals surface area (Å²) in [5.74, 6) is 0.236. The number of halogens is 2. The third-order valence-corrected chi connectivity index (χ3v) is 5.07. The molecule has 1 aromatic carbocycles. The number of benzene rings is 1. The lowest BCUT2D eigenvalue weighted by molar-refractivity contribution is -0.132. The van der Waals surface area contributed by atoms with Crippen LogP contribution in [0.25, 0.3) is 10.9 Å². The maximum Gasteiger partial charge on any atom is 0.260 e. The Labute approximate surface area is 159 Å². The van der Waals surface area contributed by atoms with Gasteiger partial charge in [0.2, 0.25) is 0 Å². The van der Waals surface area contributed by atoms with Crippen LogP contribution in [0, 0.1) is 6.92 Å². The Hall–Kier alpha value is -1.82. The normalized spacial score (nSPS) is 10.9. The largest absolute Gasteiger partial charge is 0.480 e. The van der Waals surface area contributed by atoms with Crippen LogP contribution in [0.4, 0.5) is 0 Å². The first-order valence-corrected chi connectivity index (χ1v) is 9.29. The number of fused-ring (bicyclic) bond motifs is 1. The second-order valence-corrected chi connectivity index (χ2v) is 7.28. The van der Waals surface area contributed by atoms with Gasteiger partial charge in [0.05, 0.1) is 10.0 Å². The van der Waals surface area contributed by atoms with Gasteiger partial charge >= 0.3 is 0 Å². The molecule has 1 amide bonds. The molecule has 3 aromatic rings. The molecule has 0 spiro atoms. The number of likely N-dealkylation sites (N-methyl/N-ethyl adjacent to an activating group) is 1. The highest BCUT2D eigenvalue weighted by Crippen LogP contribution is 2.37. The molecule has 0 bridgehead atoms. The summed E-state index contributed by atoms with van der Waals surface area (Å²) in [4.78, 5) is 18.4. The molecule has 0 saturated carbocycles.